The van der Waals surface area contributed by atoms with E-state index in [0.29, 0.717) is 6.04 Å². The van der Waals surface area contributed by atoms with Gasteiger partial charge in [-0.15, -0.1) is 0 Å². The second-order valence-corrected chi connectivity index (χ2v) is 5.28. The fourth-order valence-corrected chi connectivity index (χ4v) is 2.43. The van der Waals surface area contributed by atoms with Crippen molar-refractivity contribution in [3.05, 3.63) is 52.3 Å². The van der Waals surface area contributed by atoms with Crippen molar-refractivity contribution in [1.82, 2.24) is 15.1 Å². The zero-order valence-corrected chi connectivity index (χ0v) is 12.5. The van der Waals surface area contributed by atoms with Gasteiger partial charge in [-0.25, -0.2) is 0 Å². The minimum absolute atomic E-state index is 0.313. The summed E-state index contributed by atoms with van der Waals surface area (Å²) in [5.74, 6) is 0. The average Bonchev–Trinajstić information content (AvgIpc) is 2.69. The largest absolute Gasteiger partial charge is 0.306 e. The Morgan fingerprint density at radius 3 is 2.37 bits per heavy atom. The van der Waals surface area contributed by atoms with Gasteiger partial charge in [-0.1, -0.05) is 18.2 Å². The molecular formula is C16H23N3. The van der Waals surface area contributed by atoms with E-state index in [1.165, 1.54) is 27.9 Å². The summed E-state index contributed by atoms with van der Waals surface area (Å²) in [5, 5.41) is 7.90. The first-order valence-electron chi connectivity index (χ1n) is 6.77. The highest BCUT2D eigenvalue weighted by Gasteiger charge is 2.12. The molecule has 1 heterocycles. The van der Waals surface area contributed by atoms with Gasteiger partial charge in [0.05, 0.1) is 6.20 Å². The molecular weight excluding hydrogens is 234 g/mol. The van der Waals surface area contributed by atoms with E-state index in [-0.39, 0.29) is 0 Å². The smallest absolute Gasteiger partial charge is 0.0540 e. The minimum atomic E-state index is 0.313. The molecule has 102 valence electrons. The summed E-state index contributed by atoms with van der Waals surface area (Å²) in [6.45, 7) is 9.54. The van der Waals surface area contributed by atoms with Crippen molar-refractivity contribution in [3.8, 4) is 0 Å². The first kappa shape index (κ1) is 13.8. The molecule has 19 heavy (non-hydrogen) atoms. The Hall–Kier alpha value is -1.61. The first-order chi connectivity index (χ1) is 9.00. The van der Waals surface area contributed by atoms with Crippen molar-refractivity contribution < 1.29 is 0 Å². The number of aryl methyl sites for hydroxylation is 3. The van der Waals surface area contributed by atoms with Crippen molar-refractivity contribution in [2.45, 2.75) is 40.3 Å². The van der Waals surface area contributed by atoms with Crippen LogP contribution >= 0.6 is 0 Å². The van der Waals surface area contributed by atoms with Crippen LogP contribution in [0.4, 0.5) is 0 Å². The van der Waals surface area contributed by atoms with Gasteiger partial charge in [0, 0.05) is 30.9 Å². The maximum Gasteiger partial charge on any atom is 0.0540 e. The molecule has 1 aromatic heterocycles. The highest BCUT2D eigenvalue weighted by atomic mass is 15.3. The highest BCUT2D eigenvalue weighted by Crippen LogP contribution is 2.18. The molecule has 2 rings (SSSR count). The Bertz CT molecular complexity index is 549. The minimum Gasteiger partial charge on any atom is -0.306 e. The lowest BCUT2D eigenvalue weighted by atomic mass is 10.0. The summed E-state index contributed by atoms with van der Waals surface area (Å²) in [4.78, 5) is 0. The molecule has 0 aliphatic carbocycles. The molecule has 0 fully saturated rings. The third-order valence-electron chi connectivity index (χ3n) is 3.97. The molecule has 0 aliphatic rings. The molecule has 1 aromatic carbocycles. The molecule has 3 heteroatoms. The number of nitrogens with zero attached hydrogens (tertiary/aromatic N) is 2. The summed E-state index contributed by atoms with van der Waals surface area (Å²) >= 11 is 0. The zero-order valence-electron chi connectivity index (χ0n) is 12.5. The molecule has 0 radical (unpaired) electrons. The Morgan fingerprint density at radius 2 is 1.84 bits per heavy atom. The van der Waals surface area contributed by atoms with Crippen LogP contribution in [-0.2, 0) is 13.6 Å². The SMILES string of the molecule is Cc1cccc(C)c1CNC(C)c1cnn(C)c1C. The van der Waals surface area contributed by atoms with Crippen LogP contribution in [-0.4, -0.2) is 9.78 Å². The lowest BCUT2D eigenvalue weighted by Crippen LogP contribution is -2.19. The Morgan fingerprint density at radius 1 is 1.21 bits per heavy atom. The topological polar surface area (TPSA) is 29.9 Å². The van der Waals surface area contributed by atoms with Gasteiger partial charge in [0.25, 0.3) is 0 Å². The summed E-state index contributed by atoms with van der Waals surface area (Å²) in [5.41, 5.74) is 6.59. The van der Waals surface area contributed by atoms with E-state index in [0.717, 1.165) is 6.54 Å². The van der Waals surface area contributed by atoms with E-state index in [4.69, 9.17) is 0 Å². The summed E-state index contributed by atoms with van der Waals surface area (Å²) < 4.78 is 1.92. The fourth-order valence-electron chi connectivity index (χ4n) is 2.43. The van der Waals surface area contributed by atoms with Gasteiger partial charge in [0.15, 0.2) is 0 Å². The van der Waals surface area contributed by atoms with Crippen molar-refractivity contribution in [2.24, 2.45) is 7.05 Å². The quantitative estimate of drug-likeness (QED) is 0.911. The lowest BCUT2D eigenvalue weighted by molar-refractivity contribution is 0.568. The number of aromatic nitrogens is 2. The summed E-state index contributed by atoms with van der Waals surface area (Å²) in [6, 6.07) is 6.77. The Kier molecular flexibility index (Phi) is 4.05. The monoisotopic (exact) mass is 257 g/mol. The van der Waals surface area contributed by atoms with Crippen molar-refractivity contribution >= 4 is 0 Å². The molecule has 0 saturated heterocycles. The van der Waals surface area contributed by atoms with Gasteiger partial charge >= 0.3 is 0 Å². The number of hydrogen-bond acceptors (Lipinski definition) is 2. The van der Waals surface area contributed by atoms with Crippen molar-refractivity contribution in [2.75, 3.05) is 0 Å². The van der Waals surface area contributed by atoms with Gasteiger partial charge in [-0.05, 0) is 44.4 Å². The molecule has 1 N–H and O–H groups in total. The number of rotatable bonds is 4. The molecule has 0 bridgehead atoms. The van der Waals surface area contributed by atoms with Crippen LogP contribution in [0.2, 0.25) is 0 Å². The van der Waals surface area contributed by atoms with E-state index in [2.05, 4.69) is 56.3 Å². The van der Waals surface area contributed by atoms with Crippen LogP contribution in [0.5, 0.6) is 0 Å². The van der Waals surface area contributed by atoms with Gasteiger partial charge in [0.1, 0.15) is 0 Å². The number of hydrogen-bond donors (Lipinski definition) is 1. The fraction of sp³-hybridized carbons (Fsp3) is 0.438. The van der Waals surface area contributed by atoms with E-state index < -0.39 is 0 Å². The van der Waals surface area contributed by atoms with E-state index in [9.17, 15) is 0 Å². The van der Waals surface area contributed by atoms with Crippen molar-refractivity contribution in [3.63, 3.8) is 0 Å². The zero-order chi connectivity index (χ0) is 14.0. The Labute approximate surface area is 115 Å². The van der Waals surface area contributed by atoms with Gasteiger partial charge in [-0.3, -0.25) is 4.68 Å². The number of nitrogens with one attached hydrogen (secondary N) is 1. The van der Waals surface area contributed by atoms with E-state index in [1.54, 1.807) is 0 Å². The third kappa shape index (κ3) is 2.87. The Balaban J connectivity index is 2.09. The molecule has 3 nitrogen and oxygen atoms in total. The molecule has 1 atom stereocenters. The predicted molar refractivity (Wildman–Crippen MR) is 79.1 cm³/mol. The molecule has 0 aliphatic heterocycles. The maximum atomic E-state index is 4.30. The molecule has 0 amide bonds. The molecule has 2 aromatic rings. The lowest BCUT2D eigenvalue weighted by Gasteiger charge is -2.16. The van der Waals surface area contributed by atoms with Crippen LogP contribution in [0, 0.1) is 20.8 Å². The van der Waals surface area contributed by atoms with Crippen molar-refractivity contribution in [1.29, 1.82) is 0 Å². The maximum absolute atomic E-state index is 4.30. The van der Waals surface area contributed by atoms with Crippen LogP contribution in [0.15, 0.2) is 24.4 Å². The van der Waals surface area contributed by atoms with Crippen LogP contribution in [0.25, 0.3) is 0 Å². The van der Waals surface area contributed by atoms with E-state index >= 15 is 0 Å². The second kappa shape index (κ2) is 5.57. The molecule has 1 unspecified atom stereocenters. The van der Waals surface area contributed by atoms with Crippen LogP contribution in [0.3, 0.4) is 0 Å². The normalized spacial score (nSPS) is 12.7. The highest BCUT2D eigenvalue weighted by molar-refractivity contribution is 5.33. The summed E-state index contributed by atoms with van der Waals surface area (Å²) in [7, 11) is 1.98. The van der Waals surface area contributed by atoms with Gasteiger partial charge in [-0.2, -0.15) is 5.10 Å². The van der Waals surface area contributed by atoms with Gasteiger partial charge < -0.3 is 5.32 Å². The van der Waals surface area contributed by atoms with Crippen LogP contribution in [0.1, 0.15) is 40.9 Å². The summed E-state index contributed by atoms with van der Waals surface area (Å²) in [6.07, 6.45) is 1.96. The standard InChI is InChI=1S/C16H23N3/c1-11-7-6-8-12(2)15(11)9-17-13(3)16-10-18-19(5)14(16)4/h6-8,10,13,17H,9H2,1-5H3. The molecule has 0 spiro atoms. The third-order valence-corrected chi connectivity index (χ3v) is 3.97. The average molecular weight is 257 g/mol. The number of benzene rings is 1. The molecule has 0 saturated carbocycles. The first-order valence-corrected chi connectivity index (χ1v) is 6.77. The van der Waals surface area contributed by atoms with E-state index in [1.807, 2.05) is 17.9 Å². The van der Waals surface area contributed by atoms with Crippen LogP contribution < -0.4 is 5.32 Å². The second-order valence-electron chi connectivity index (χ2n) is 5.28. The van der Waals surface area contributed by atoms with Gasteiger partial charge in [0.2, 0.25) is 0 Å². The predicted octanol–water partition coefficient (Wildman–Crippen LogP) is 3.20.